The minimum Gasteiger partial charge on any atom is -0.457 e. The fraction of sp³-hybridized carbons (Fsp3) is 0.238. The van der Waals surface area contributed by atoms with Crippen LogP contribution >= 0.6 is 0 Å². The molecule has 5 heteroatoms. The molecular formula is C21H21NO4. The molecule has 26 heavy (non-hydrogen) atoms. The summed E-state index contributed by atoms with van der Waals surface area (Å²) in [4.78, 5) is 25.4. The number of ether oxygens (including phenoxy) is 2. The van der Waals surface area contributed by atoms with Gasteiger partial charge in [-0.2, -0.15) is 0 Å². The van der Waals surface area contributed by atoms with Crippen molar-refractivity contribution in [3.05, 3.63) is 66.2 Å². The van der Waals surface area contributed by atoms with E-state index in [9.17, 15) is 9.59 Å². The average Bonchev–Trinajstić information content (AvgIpc) is 3.20. The Morgan fingerprint density at radius 1 is 0.962 bits per heavy atom. The van der Waals surface area contributed by atoms with E-state index in [-0.39, 0.29) is 12.5 Å². The Morgan fingerprint density at radius 2 is 1.69 bits per heavy atom. The van der Waals surface area contributed by atoms with Crippen LogP contribution in [-0.4, -0.2) is 36.5 Å². The van der Waals surface area contributed by atoms with E-state index in [1.807, 2.05) is 54.6 Å². The molecule has 134 valence electrons. The molecule has 0 atom stereocenters. The summed E-state index contributed by atoms with van der Waals surface area (Å²) in [5, 5.41) is 0. The van der Waals surface area contributed by atoms with Gasteiger partial charge in [0.2, 0.25) is 0 Å². The van der Waals surface area contributed by atoms with E-state index in [1.54, 1.807) is 11.0 Å². The molecule has 0 aliphatic carbocycles. The standard InChI is InChI=1S/C21H21NO4/c23-20(22-13-4-5-14-22)16-25-21(24)12-11-17-7-6-10-19(15-17)26-18-8-2-1-3-9-18/h1-3,6-12,15H,4-5,13-14,16H2/b12-11+. The molecule has 0 saturated carbocycles. The van der Waals surface area contributed by atoms with E-state index in [0.29, 0.717) is 5.75 Å². The first-order valence-electron chi connectivity index (χ1n) is 8.66. The van der Waals surface area contributed by atoms with Crippen LogP contribution in [0.2, 0.25) is 0 Å². The van der Waals surface area contributed by atoms with Crippen molar-refractivity contribution in [1.82, 2.24) is 4.90 Å². The highest BCUT2D eigenvalue weighted by Gasteiger charge is 2.18. The molecular weight excluding hydrogens is 330 g/mol. The van der Waals surface area contributed by atoms with Crippen LogP contribution in [0.3, 0.4) is 0 Å². The highest BCUT2D eigenvalue weighted by Crippen LogP contribution is 2.22. The van der Waals surface area contributed by atoms with E-state index < -0.39 is 5.97 Å². The van der Waals surface area contributed by atoms with Crippen LogP contribution in [0.1, 0.15) is 18.4 Å². The lowest BCUT2D eigenvalue weighted by Crippen LogP contribution is -2.31. The zero-order valence-corrected chi connectivity index (χ0v) is 14.5. The lowest BCUT2D eigenvalue weighted by molar-refractivity contribution is -0.147. The van der Waals surface area contributed by atoms with Crippen molar-refractivity contribution in [1.29, 1.82) is 0 Å². The zero-order chi connectivity index (χ0) is 18.2. The zero-order valence-electron chi connectivity index (χ0n) is 14.5. The normalized spacial score (nSPS) is 13.8. The molecule has 0 bridgehead atoms. The highest BCUT2D eigenvalue weighted by atomic mass is 16.5. The van der Waals surface area contributed by atoms with Gasteiger partial charge in [0.25, 0.3) is 5.91 Å². The number of hydrogen-bond acceptors (Lipinski definition) is 4. The molecule has 0 N–H and O–H groups in total. The number of rotatable bonds is 6. The van der Waals surface area contributed by atoms with Crippen LogP contribution < -0.4 is 4.74 Å². The molecule has 0 aromatic heterocycles. The number of benzene rings is 2. The summed E-state index contributed by atoms with van der Waals surface area (Å²) in [5.74, 6) is 0.749. The second-order valence-corrected chi connectivity index (χ2v) is 6.02. The van der Waals surface area contributed by atoms with Crippen LogP contribution in [0.25, 0.3) is 6.08 Å². The topological polar surface area (TPSA) is 55.8 Å². The van der Waals surface area contributed by atoms with Gasteiger partial charge in [0.15, 0.2) is 6.61 Å². The molecule has 0 radical (unpaired) electrons. The maximum Gasteiger partial charge on any atom is 0.331 e. The first kappa shape index (κ1) is 17.7. The van der Waals surface area contributed by atoms with E-state index in [1.165, 1.54) is 6.08 Å². The van der Waals surface area contributed by atoms with Crippen LogP contribution in [0.4, 0.5) is 0 Å². The third-order valence-corrected chi connectivity index (χ3v) is 4.05. The summed E-state index contributed by atoms with van der Waals surface area (Å²) in [7, 11) is 0. The van der Waals surface area contributed by atoms with E-state index >= 15 is 0 Å². The van der Waals surface area contributed by atoms with Crippen molar-refractivity contribution in [2.75, 3.05) is 19.7 Å². The van der Waals surface area contributed by atoms with Crippen molar-refractivity contribution in [2.45, 2.75) is 12.8 Å². The summed E-state index contributed by atoms with van der Waals surface area (Å²) in [6.45, 7) is 1.29. The van der Waals surface area contributed by atoms with Gasteiger partial charge in [0.1, 0.15) is 11.5 Å². The molecule has 2 aromatic rings. The number of amides is 1. The summed E-state index contributed by atoms with van der Waals surface area (Å²) >= 11 is 0. The average molecular weight is 351 g/mol. The predicted molar refractivity (Wildman–Crippen MR) is 98.8 cm³/mol. The van der Waals surface area contributed by atoms with Crippen molar-refractivity contribution >= 4 is 18.0 Å². The minimum atomic E-state index is -0.535. The van der Waals surface area contributed by atoms with Crippen molar-refractivity contribution in [3.63, 3.8) is 0 Å². The maximum atomic E-state index is 11.9. The fourth-order valence-corrected chi connectivity index (χ4v) is 2.71. The maximum absolute atomic E-state index is 11.9. The van der Waals surface area contributed by atoms with Gasteiger partial charge >= 0.3 is 5.97 Å². The van der Waals surface area contributed by atoms with Gasteiger partial charge < -0.3 is 14.4 Å². The Morgan fingerprint density at radius 3 is 2.46 bits per heavy atom. The van der Waals surface area contributed by atoms with Crippen LogP contribution in [-0.2, 0) is 14.3 Å². The molecule has 1 fully saturated rings. The molecule has 3 rings (SSSR count). The Bertz CT molecular complexity index is 780. The lowest BCUT2D eigenvalue weighted by Gasteiger charge is -2.14. The van der Waals surface area contributed by atoms with E-state index in [0.717, 1.165) is 37.2 Å². The number of nitrogens with zero attached hydrogens (tertiary/aromatic N) is 1. The monoisotopic (exact) mass is 351 g/mol. The Balaban J connectivity index is 1.52. The summed E-state index contributed by atoms with van der Waals surface area (Å²) < 4.78 is 10.8. The molecule has 5 nitrogen and oxygen atoms in total. The lowest BCUT2D eigenvalue weighted by atomic mass is 10.2. The first-order valence-corrected chi connectivity index (χ1v) is 8.66. The molecule has 1 heterocycles. The van der Waals surface area contributed by atoms with Crippen molar-refractivity contribution in [2.24, 2.45) is 0 Å². The Kier molecular flexibility index (Phi) is 6.04. The molecule has 1 saturated heterocycles. The second kappa shape index (κ2) is 8.85. The van der Waals surface area contributed by atoms with Gasteiger partial charge in [-0.05, 0) is 48.7 Å². The van der Waals surface area contributed by atoms with E-state index in [4.69, 9.17) is 9.47 Å². The number of carbonyl (C=O) groups excluding carboxylic acids is 2. The minimum absolute atomic E-state index is 0.137. The van der Waals surface area contributed by atoms with Crippen LogP contribution in [0, 0.1) is 0 Å². The van der Waals surface area contributed by atoms with Gasteiger partial charge in [-0.1, -0.05) is 30.3 Å². The van der Waals surface area contributed by atoms with Gasteiger partial charge in [0.05, 0.1) is 0 Å². The quantitative estimate of drug-likeness (QED) is 0.589. The third kappa shape index (κ3) is 5.21. The van der Waals surface area contributed by atoms with Crippen LogP contribution in [0.5, 0.6) is 11.5 Å². The number of carbonyl (C=O) groups is 2. The number of esters is 1. The number of hydrogen-bond donors (Lipinski definition) is 0. The molecule has 1 aliphatic heterocycles. The Labute approximate surface area is 152 Å². The summed E-state index contributed by atoms with van der Waals surface area (Å²) in [6, 6.07) is 16.8. The van der Waals surface area contributed by atoms with Gasteiger partial charge in [-0.3, -0.25) is 4.79 Å². The predicted octanol–water partition coefficient (Wildman–Crippen LogP) is 3.66. The number of likely N-dealkylation sites (tertiary alicyclic amines) is 1. The van der Waals surface area contributed by atoms with Crippen molar-refractivity contribution in [3.8, 4) is 11.5 Å². The van der Waals surface area contributed by atoms with E-state index in [2.05, 4.69) is 0 Å². The molecule has 1 amide bonds. The van der Waals surface area contributed by atoms with Crippen molar-refractivity contribution < 1.29 is 19.1 Å². The molecule has 0 unspecified atom stereocenters. The summed E-state index contributed by atoms with van der Waals surface area (Å²) in [6.07, 6.45) is 4.99. The van der Waals surface area contributed by atoms with Crippen LogP contribution in [0.15, 0.2) is 60.7 Å². The smallest absolute Gasteiger partial charge is 0.331 e. The third-order valence-electron chi connectivity index (χ3n) is 4.05. The Hall–Kier alpha value is -3.08. The van der Waals surface area contributed by atoms with Gasteiger partial charge in [-0.15, -0.1) is 0 Å². The number of para-hydroxylation sites is 1. The molecule has 0 spiro atoms. The molecule has 2 aromatic carbocycles. The highest BCUT2D eigenvalue weighted by molar-refractivity contribution is 5.89. The van der Waals surface area contributed by atoms with Gasteiger partial charge in [-0.25, -0.2) is 4.79 Å². The summed E-state index contributed by atoms with van der Waals surface area (Å²) in [5.41, 5.74) is 0.807. The molecule has 1 aliphatic rings. The first-order chi connectivity index (χ1) is 12.7. The fourth-order valence-electron chi connectivity index (χ4n) is 2.71. The largest absolute Gasteiger partial charge is 0.457 e. The van der Waals surface area contributed by atoms with Gasteiger partial charge in [0, 0.05) is 19.2 Å². The second-order valence-electron chi connectivity index (χ2n) is 6.02. The SMILES string of the molecule is O=C(/C=C/c1cccc(Oc2ccccc2)c1)OCC(=O)N1CCCC1.